The average molecular weight is 359 g/mol. The minimum atomic E-state index is -0.674. The largest absolute Gasteiger partial charge is 0.337 e. The molecule has 0 aromatic heterocycles. The molecule has 0 N–H and O–H groups in total. The molecule has 6 nitrogen and oxygen atoms in total. The van der Waals surface area contributed by atoms with Gasteiger partial charge in [0, 0.05) is 27.1 Å². The van der Waals surface area contributed by atoms with Crippen LogP contribution in [0.25, 0.3) is 0 Å². The van der Waals surface area contributed by atoms with Gasteiger partial charge >= 0.3 is 0 Å². The fourth-order valence-electron chi connectivity index (χ4n) is 7.69. The minimum Gasteiger partial charge on any atom is -0.337 e. The van der Waals surface area contributed by atoms with Crippen LogP contribution in [0, 0.1) is 22.7 Å². The number of amides is 3. The molecule has 6 aliphatic rings. The van der Waals surface area contributed by atoms with Gasteiger partial charge in [-0.1, -0.05) is 20.8 Å². The molecule has 6 rings (SSSR count). The first-order valence-corrected chi connectivity index (χ1v) is 9.89. The quantitative estimate of drug-likeness (QED) is 0.608. The highest BCUT2D eigenvalue weighted by Gasteiger charge is 2.80. The van der Waals surface area contributed by atoms with E-state index in [-0.39, 0.29) is 41.0 Å². The Labute approximate surface area is 154 Å². The second kappa shape index (κ2) is 4.34. The lowest BCUT2D eigenvalue weighted by Gasteiger charge is -2.65. The number of fused-ring (bicyclic) bond motifs is 1. The van der Waals surface area contributed by atoms with Crippen molar-refractivity contribution in [2.24, 2.45) is 22.7 Å². The first kappa shape index (κ1) is 16.7. The Morgan fingerprint density at radius 2 is 1.77 bits per heavy atom. The fraction of sp³-hybridized carbons (Fsp3) is 0.850. The van der Waals surface area contributed by atoms with E-state index < -0.39 is 11.0 Å². The molecule has 6 fully saturated rings. The topological polar surface area (TPSA) is 60.9 Å². The number of hydrogen-bond acceptors (Lipinski definition) is 4. The summed E-state index contributed by atoms with van der Waals surface area (Å²) < 4.78 is 0. The van der Waals surface area contributed by atoms with Gasteiger partial charge in [-0.25, -0.2) is 0 Å². The van der Waals surface area contributed by atoms with Crippen molar-refractivity contribution >= 4 is 17.7 Å². The highest BCUT2D eigenvalue weighted by molar-refractivity contribution is 6.06. The summed E-state index contributed by atoms with van der Waals surface area (Å²) in [6.45, 7) is 8.38. The van der Waals surface area contributed by atoms with E-state index >= 15 is 0 Å². The van der Waals surface area contributed by atoms with Crippen LogP contribution in [-0.2, 0) is 14.4 Å². The molecule has 0 aromatic rings. The van der Waals surface area contributed by atoms with Crippen LogP contribution in [0.5, 0.6) is 0 Å². The monoisotopic (exact) mass is 359 g/mol. The van der Waals surface area contributed by atoms with Crippen molar-refractivity contribution in [3.05, 3.63) is 0 Å². The van der Waals surface area contributed by atoms with Crippen LogP contribution in [0.15, 0.2) is 0 Å². The zero-order valence-corrected chi connectivity index (χ0v) is 16.5. The van der Waals surface area contributed by atoms with Gasteiger partial charge in [0.2, 0.25) is 17.7 Å². The van der Waals surface area contributed by atoms with E-state index in [1.54, 1.807) is 7.05 Å². The number of nitrogens with zero attached hydrogens (tertiary/aromatic N) is 3. The van der Waals surface area contributed by atoms with Gasteiger partial charge in [0.1, 0.15) is 5.54 Å². The third-order valence-corrected chi connectivity index (χ3v) is 9.44. The number of rotatable bonds is 0. The Kier molecular flexibility index (Phi) is 2.79. The van der Waals surface area contributed by atoms with Crippen LogP contribution in [0.4, 0.5) is 0 Å². The molecule has 5 saturated heterocycles. The molecule has 5 heterocycles. The standard InChI is InChI=1S/C20H29N3O3/c1-12-6-7-23-11-19-10-18(9-14(24)21(4)15(18)25)17(2,3)13(19)8-20(12,23)16(26)22(19)5/h12-13H,6-11H2,1-5H3/t12-,13-,18-,19-,20+/m0/s1. The SMILES string of the molecule is C[C@H]1CCN2C[C@@]34C[C@]5(CC(=O)N(C)C5=O)C(C)(C)[C@@H]3C[C@]12C(=O)N4C. The lowest BCUT2D eigenvalue weighted by atomic mass is 9.57. The van der Waals surface area contributed by atoms with E-state index in [4.69, 9.17) is 0 Å². The summed E-state index contributed by atoms with van der Waals surface area (Å²) in [5, 5.41) is 0. The first-order chi connectivity index (χ1) is 12.0. The van der Waals surface area contributed by atoms with Gasteiger partial charge in [-0.05, 0) is 43.1 Å². The van der Waals surface area contributed by atoms with Crippen LogP contribution in [0.3, 0.4) is 0 Å². The Bertz CT molecular complexity index is 763. The van der Waals surface area contributed by atoms with Gasteiger partial charge in [-0.3, -0.25) is 24.2 Å². The molecule has 5 atom stereocenters. The zero-order chi connectivity index (χ0) is 18.9. The third kappa shape index (κ3) is 1.37. The van der Waals surface area contributed by atoms with E-state index in [9.17, 15) is 14.4 Å². The number of carbonyl (C=O) groups excluding carboxylic acids is 3. The molecule has 0 aromatic carbocycles. The maximum Gasteiger partial charge on any atom is 0.243 e. The maximum absolute atomic E-state index is 13.5. The second-order valence-corrected chi connectivity index (χ2v) is 10.2. The fourth-order valence-corrected chi connectivity index (χ4v) is 7.69. The highest BCUT2D eigenvalue weighted by Crippen LogP contribution is 2.72. The van der Waals surface area contributed by atoms with Gasteiger partial charge in [-0.15, -0.1) is 0 Å². The number of likely N-dealkylation sites (N-methyl/N-ethyl adjacent to an activating group) is 1. The molecule has 0 radical (unpaired) electrons. The van der Waals surface area contributed by atoms with Crippen LogP contribution < -0.4 is 0 Å². The van der Waals surface area contributed by atoms with E-state index in [1.165, 1.54) is 4.90 Å². The van der Waals surface area contributed by atoms with Gasteiger partial charge in [0.15, 0.2) is 0 Å². The number of imide groups is 1. The molecule has 1 aliphatic carbocycles. The highest BCUT2D eigenvalue weighted by atomic mass is 16.2. The molecule has 1 saturated carbocycles. The molecule has 3 spiro atoms. The molecule has 3 amide bonds. The molecular weight excluding hydrogens is 330 g/mol. The smallest absolute Gasteiger partial charge is 0.243 e. The molecule has 5 aliphatic heterocycles. The molecular formula is C20H29N3O3. The maximum atomic E-state index is 13.5. The van der Waals surface area contributed by atoms with Crippen molar-refractivity contribution in [3.8, 4) is 0 Å². The summed E-state index contributed by atoms with van der Waals surface area (Å²) >= 11 is 0. The predicted octanol–water partition coefficient (Wildman–Crippen LogP) is 1.10. The van der Waals surface area contributed by atoms with Crippen molar-refractivity contribution in [2.45, 2.75) is 57.5 Å². The van der Waals surface area contributed by atoms with Crippen molar-refractivity contribution in [2.75, 3.05) is 27.2 Å². The molecule has 0 unspecified atom stereocenters. The summed E-state index contributed by atoms with van der Waals surface area (Å²) in [7, 11) is 3.55. The van der Waals surface area contributed by atoms with E-state index in [0.29, 0.717) is 12.3 Å². The summed E-state index contributed by atoms with van der Waals surface area (Å²) in [5.41, 5.74) is -1.71. The van der Waals surface area contributed by atoms with Crippen molar-refractivity contribution < 1.29 is 14.4 Å². The number of carbonyl (C=O) groups is 3. The van der Waals surface area contributed by atoms with E-state index in [1.807, 2.05) is 11.9 Å². The lowest BCUT2D eigenvalue weighted by Crippen LogP contribution is -2.79. The van der Waals surface area contributed by atoms with Gasteiger partial charge in [-0.2, -0.15) is 0 Å². The summed E-state index contributed by atoms with van der Waals surface area (Å²) in [6.07, 6.45) is 2.80. The predicted molar refractivity (Wildman–Crippen MR) is 94.9 cm³/mol. The van der Waals surface area contributed by atoms with Crippen LogP contribution in [0.2, 0.25) is 0 Å². The minimum absolute atomic E-state index is 0.0359. The molecule has 2 bridgehead atoms. The number of likely N-dealkylation sites (tertiary alicyclic amines) is 1. The Morgan fingerprint density at radius 1 is 1.08 bits per heavy atom. The number of hydrogen-bond donors (Lipinski definition) is 0. The lowest BCUT2D eigenvalue weighted by molar-refractivity contribution is -0.189. The summed E-state index contributed by atoms with van der Waals surface area (Å²) in [6, 6.07) is 0. The van der Waals surface area contributed by atoms with Crippen molar-refractivity contribution in [1.29, 1.82) is 0 Å². The zero-order valence-electron chi connectivity index (χ0n) is 16.5. The Morgan fingerprint density at radius 3 is 2.38 bits per heavy atom. The van der Waals surface area contributed by atoms with Crippen LogP contribution >= 0.6 is 0 Å². The Hall–Kier alpha value is -1.43. The Balaban J connectivity index is 1.70. The first-order valence-electron chi connectivity index (χ1n) is 9.89. The van der Waals surface area contributed by atoms with E-state index in [2.05, 4.69) is 25.7 Å². The van der Waals surface area contributed by atoms with E-state index in [0.717, 1.165) is 25.9 Å². The normalized spacial score (nSPS) is 49.5. The molecule has 26 heavy (non-hydrogen) atoms. The van der Waals surface area contributed by atoms with Crippen LogP contribution in [-0.4, -0.2) is 70.7 Å². The number of piperazine rings is 1. The van der Waals surface area contributed by atoms with Crippen LogP contribution in [0.1, 0.15) is 46.5 Å². The van der Waals surface area contributed by atoms with Crippen molar-refractivity contribution in [1.82, 2.24) is 14.7 Å². The van der Waals surface area contributed by atoms with Crippen molar-refractivity contribution in [3.63, 3.8) is 0 Å². The summed E-state index contributed by atoms with van der Waals surface area (Å²) in [5.74, 6) is 0.715. The third-order valence-electron chi connectivity index (χ3n) is 9.44. The average Bonchev–Trinajstić information content (AvgIpc) is 3.10. The number of piperidine rings is 2. The molecule has 142 valence electrons. The molecule has 6 heteroatoms. The van der Waals surface area contributed by atoms with Gasteiger partial charge in [0.25, 0.3) is 0 Å². The van der Waals surface area contributed by atoms with Gasteiger partial charge < -0.3 is 4.90 Å². The summed E-state index contributed by atoms with van der Waals surface area (Å²) in [4.78, 5) is 44.9. The second-order valence-electron chi connectivity index (χ2n) is 10.2. The van der Waals surface area contributed by atoms with Gasteiger partial charge in [0.05, 0.1) is 11.0 Å².